The van der Waals surface area contributed by atoms with Gasteiger partial charge >= 0.3 is 0 Å². The van der Waals surface area contributed by atoms with Crippen LogP contribution >= 0.6 is 36.2 Å². The summed E-state index contributed by atoms with van der Waals surface area (Å²) in [6.07, 6.45) is 1.64. The van der Waals surface area contributed by atoms with E-state index in [-0.39, 0.29) is 22.4 Å². The van der Waals surface area contributed by atoms with Gasteiger partial charge < -0.3 is 11.5 Å². The first-order valence-corrected chi connectivity index (χ1v) is 7.49. The highest BCUT2D eigenvalue weighted by molar-refractivity contribution is 7.81. The Labute approximate surface area is 133 Å². The minimum Gasteiger partial charge on any atom is -0.389 e. The molecule has 0 aliphatic heterocycles. The lowest BCUT2D eigenvalue weighted by atomic mass is 9.94. The van der Waals surface area contributed by atoms with E-state index in [0.29, 0.717) is 0 Å². The van der Waals surface area contributed by atoms with Crippen molar-refractivity contribution in [2.45, 2.75) is 18.2 Å². The highest BCUT2D eigenvalue weighted by Gasteiger charge is 2.24. The molecule has 0 aliphatic carbocycles. The quantitative estimate of drug-likeness (QED) is 0.254. The summed E-state index contributed by atoms with van der Waals surface area (Å²) in [6, 6.07) is 7.91. The van der Waals surface area contributed by atoms with E-state index in [1.165, 1.54) is 11.3 Å². The van der Waals surface area contributed by atoms with Crippen molar-refractivity contribution in [1.29, 1.82) is 10.5 Å². The Kier molecular flexibility index (Phi) is 6.18. The van der Waals surface area contributed by atoms with Crippen LogP contribution in [0.4, 0.5) is 0 Å². The average Bonchev–Trinajstić information content (AvgIpc) is 2.84. The molecule has 0 saturated carbocycles. The molecular formula is C13H14N4S3. The molecule has 0 bridgehead atoms. The van der Waals surface area contributed by atoms with Crippen LogP contribution in [0.3, 0.4) is 0 Å². The monoisotopic (exact) mass is 322 g/mol. The van der Waals surface area contributed by atoms with Crippen molar-refractivity contribution in [1.82, 2.24) is 0 Å². The zero-order chi connectivity index (χ0) is 15.3. The summed E-state index contributed by atoms with van der Waals surface area (Å²) in [6.45, 7) is 1.93. The van der Waals surface area contributed by atoms with Crippen molar-refractivity contribution in [2.75, 3.05) is 0 Å². The smallest absolute Gasteiger partial charge is 0.114 e. The Hall–Kier alpha value is -1.38. The Balaban J connectivity index is 3.02. The summed E-state index contributed by atoms with van der Waals surface area (Å²) in [5, 5.41) is 17.6. The van der Waals surface area contributed by atoms with Gasteiger partial charge in [0, 0.05) is 15.7 Å². The molecule has 3 atom stereocenters. The van der Waals surface area contributed by atoms with Crippen molar-refractivity contribution in [3.8, 4) is 12.1 Å². The molecule has 0 aromatic carbocycles. The number of hydrogen-bond donors (Lipinski definition) is 3. The van der Waals surface area contributed by atoms with Crippen molar-refractivity contribution in [3.05, 3.63) is 27.5 Å². The standard InChI is InChI=1S/C13H14N4S3/c1-7(10(6-15)13(17)19)11-3-2-9(20-11)4-8(5-14)12(16)18/h2-4,7,10,13,19H,17H2,1H3,(H2,16,18). The normalized spacial score (nSPS) is 15.8. The van der Waals surface area contributed by atoms with Crippen LogP contribution in [0.15, 0.2) is 17.7 Å². The minimum atomic E-state index is -0.498. The van der Waals surface area contributed by atoms with Gasteiger partial charge in [-0.05, 0) is 18.2 Å². The van der Waals surface area contributed by atoms with Crippen LogP contribution in [0.25, 0.3) is 6.08 Å². The van der Waals surface area contributed by atoms with Crippen LogP contribution in [0.1, 0.15) is 22.6 Å². The van der Waals surface area contributed by atoms with E-state index >= 15 is 0 Å². The molecule has 0 fully saturated rings. The summed E-state index contributed by atoms with van der Waals surface area (Å²) in [5.74, 6) is -0.408. The molecule has 1 heterocycles. The fraction of sp³-hybridized carbons (Fsp3) is 0.308. The predicted molar refractivity (Wildman–Crippen MR) is 89.2 cm³/mol. The molecule has 0 radical (unpaired) electrons. The minimum absolute atomic E-state index is 0.0324. The number of thiol groups is 1. The van der Waals surface area contributed by atoms with Crippen LogP contribution in [0.5, 0.6) is 0 Å². The van der Waals surface area contributed by atoms with Gasteiger partial charge in [-0.25, -0.2) is 0 Å². The molecule has 1 aromatic heterocycles. The molecule has 0 amide bonds. The van der Waals surface area contributed by atoms with Crippen LogP contribution in [0.2, 0.25) is 0 Å². The average molecular weight is 322 g/mol. The van der Waals surface area contributed by atoms with E-state index in [2.05, 4.69) is 18.7 Å². The van der Waals surface area contributed by atoms with Crippen molar-refractivity contribution < 1.29 is 0 Å². The maximum atomic E-state index is 9.13. The Morgan fingerprint density at radius 3 is 2.60 bits per heavy atom. The van der Waals surface area contributed by atoms with E-state index in [1.54, 1.807) is 6.08 Å². The van der Waals surface area contributed by atoms with Gasteiger partial charge in [-0.3, -0.25) is 0 Å². The van der Waals surface area contributed by atoms with Crippen molar-refractivity contribution in [2.24, 2.45) is 17.4 Å². The van der Waals surface area contributed by atoms with Gasteiger partial charge in [0.05, 0.1) is 22.9 Å². The van der Waals surface area contributed by atoms with E-state index < -0.39 is 5.37 Å². The largest absolute Gasteiger partial charge is 0.389 e. The topological polar surface area (TPSA) is 99.6 Å². The molecule has 4 N–H and O–H groups in total. The van der Waals surface area contributed by atoms with Gasteiger partial charge in [-0.2, -0.15) is 23.2 Å². The van der Waals surface area contributed by atoms with Gasteiger partial charge in [0.25, 0.3) is 0 Å². The molecular weight excluding hydrogens is 308 g/mol. The Bertz CT molecular complexity index is 604. The lowest BCUT2D eigenvalue weighted by Gasteiger charge is -2.18. The zero-order valence-corrected chi connectivity index (χ0v) is 13.3. The van der Waals surface area contributed by atoms with Crippen LogP contribution < -0.4 is 11.5 Å². The van der Waals surface area contributed by atoms with Crippen LogP contribution in [0, 0.1) is 28.6 Å². The summed E-state index contributed by atoms with van der Waals surface area (Å²) in [5.41, 5.74) is 11.4. The van der Waals surface area contributed by atoms with Gasteiger partial charge in [-0.15, -0.1) is 11.3 Å². The zero-order valence-electron chi connectivity index (χ0n) is 10.8. The molecule has 1 aromatic rings. The summed E-state index contributed by atoms with van der Waals surface area (Å²) in [4.78, 5) is 1.94. The van der Waals surface area contributed by atoms with E-state index in [1.807, 2.05) is 25.1 Å². The second-order valence-corrected chi connectivity index (χ2v) is 6.39. The second kappa shape index (κ2) is 7.41. The number of thiophene rings is 1. The fourth-order valence-corrected chi connectivity index (χ4v) is 3.14. The number of hydrogen-bond acceptors (Lipinski definition) is 6. The Morgan fingerprint density at radius 2 is 2.15 bits per heavy atom. The molecule has 104 valence electrons. The third kappa shape index (κ3) is 4.06. The maximum absolute atomic E-state index is 9.13. The van der Waals surface area contributed by atoms with Crippen molar-refractivity contribution in [3.63, 3.8) is 0 Å². The highest BCUT2D eigenvalue weighted by Crippen LogP contribution is 2.32. The number of rotatable bonds is 5. The van der Waals surface area contributed by atoms with Crippen LogP contribution in [-0.2, 0) is 0 Å². The third-order valence-corrected chi connectivity index (χ3v) is 4.60. The van der Waals surface area contributed by atoms with Gasteiger partial charge in [0.1, 0.15) is 11.1 Å². The molecule has 0 spiro atoms. The first-order chi connectivity index (χ1) is 9.40. The molecule has 20 heavy (non-hydrogen) atoms. The van der Waals surface area contributed by atoms with Gasteiger partial charge in [-0.1, -0.05) is 19.1 Å². The first-order valence-electron chi connectivity index (χ1n) is 5.75. The number of nitrogens with two attached hydrogens (primary N) is 2. The molecule has 7 heteroatoms. The Morgan fingerprint density at radius 1 is 1.50 bits per heavy atom. The summed E-state index contributed by atoms with van der Waals surface area (Å²) < 4.78 is 0. The SMILES string of the molecule is CC(c1ccc(C=C(C#N)C(N)=S)s1)C(C#N)C(N)S. The lowest BCUT2D eigenvalue weighted by Crippen LogP contribution is -2.26. The second-order valence-electron chi connectivity index (χ2n) is 4.21. The lowest BCUT2D eigenvalue weighted by molar-refractivity contribution is 0.546. The molecule has 3 unspecified atom stereocenters. The molecule has 4 nitrogen and oxygen atoms in total. The predicted octanol–water partition coefficient (Wildman–Crippen LogP) is 2.40. The van der Waals surface area contributed by atoms with E-state index in [0.717, 1.165) is 9.75 Å². The van der Waals surface area contributed by atoms with Gasteiger partial charge in [0.2, 0.25) is 0 Å². The fourth-order valence-electron chi connectivity index (χ4n) is 1.65. The number of nitrogens with zero attached hydrogens (tertiary/aromatic N) is 2. The molecule has 1 rings (SSSR count). The van der Waals surface area contributed by atoms with Crippen LogP contribution in [-0.4, -0.2) is 10.4 Å². The summed E-state index contributed by atoms with van der Waals surface area (Å²) >= 11 is 10.4. The highest BCUT2D eigenvalue weighted by atomic mass is 32.1. The molecule has 0 saturated heterocycles. The van der Waals surface area contributed by atoms with E-state index in [4.69, 9.17) is 34.2 Å². The number of thiocarbonyl (C=S) groups is 1. The maximum Gasteiger partial charge on any atom is 0.114 e. The third-order valence-electron chi connectivity index (χ3n) is 2.82. The van der Waals surface area contributed by atoms with Gasteiger partial charge in [0.15, 0.2) is 0 Å². The summed E-state index contributed by atoms with van der Waals surface area (Å²) in [7, 11) is 0. The first kappa shape index (κ1) is 16.7. The molecule has 0 aliphatic rings. The van der Waals surface area contributed by atoms with E-state index in [9.17, 15) is 0 Å². The van der Waals surface area contributed by atoms with Crippen molar-refractivity contribution >= 4 is 47.2 Å². The number of nitriles is 2.